The summed E-state index contributed by atoms with van der Waals surface area (Å²) in [4.78, 5) is 26.9. The minimum atomic E-state index is -3.33. The molecule has 3 aromatic carbocycles. The van der Waals surface area contributed by atoms with E-state index in [1.807, 2.05) is 0 Å². The van der Waals surface area contributed by atoms with Crippen LogP contribution in [0.15, 0.2) is 71.6 Å². The molecule has 0 atom stereocenters. The highest BCUT2D eigenvalue weighted by Crippen LogP contribution is 2.26. The minimum Gasteiger partial charge on any atom is -0.489 e. The van der Waals surface area contributed by atoms with Crippen molar-refractivity contribution >= 4 is 27.4 Å². The third-order valence-electron chi connectivity index (χ3n) is 5.02. The molecule has 3 aromatic rings. The Morgan fingerprint density at radius 3 is 2.08 bits per heavy atom. The van der Waals surface area contributed by atoms with E-state index in [-0.39, 0.29) is 17.2 Å². The molecular weight excluding hydrogens is 504 g/mol. The average molecular weight is 532 g/mol. The summed E-state index contributed by atoms with van der Waals surface area (Å²) in [6.07, 6.45) is 1.11. The first kappa shape index (κ1) is 27.8. The number of carbonyl (C=O) groups excluding carboxylic acids is 2. The van der Waals surface area contributed by atoms with Crippen LogP contribution < -0.4 is 9.64 Å². The number of hydrogen-bond acceptors (Lipinski definition) is 6. The van der Waals surface area contributed by atoms with Gasteiger partial charge in [-0.2, -0.15) is 0 Å². The van der Waals surface area contributed by atoms with Gasteiger partial charge in [-0.05, 0) is 62.7 Å². The topological polar surface area (TPSA) is 90.0 Å². The van der Waals surface area contributed by atoms with E-state index in [0.717, 1.165) is 29.4 Å². The molecule has 0 heterocycles. The fourth-order valence-electron chi connectivity index (χ4n) is 3.36. The lowest BCUT2D eigenvalue weighted by atomic mass is 10.1. The van der Waals surface area contributed by atoms with E-state index in [2.05, 4.69) is 0 Å². The molecule has 0 radical (unpaired) electrons. The number of rotatable bonds is 8. The zero-order valence-corrected chi connectivity index (χ0v) is 21.6. The van der Waals surface area contributed by atoms with Gasteiger partial charge in [-0.15, -0.1) is 0 Å². The van der Waals surface area contributed by atoms with Crippen LogP contribution in [0, 0.1) is 11.6 Å². The Labute approximate surface area is 214 Å². The molecule has 0 fully saturated rings. The Morgan fingerprint density at radius 1 is 0.919 bits per heavy atom. The van der Waals surface area contributed by atoms with Crippen LogP contribution in [-0.2, 0) is 26.0 Å². The third kappa shape index (κ3) is 7.60. The Balaban J connectivity index is 1.88. The van der Waals surface area contributed by atoms with Gasteiger partial charge in [-0.1, -0.05) is 24.3 Å². The third-order valence-corrected chi connectivity index (χ3v) is 6.14. The van der Waals surface area contributed by atoms with Crippen LogP contribution in [0.2, 0.25) is 0 Å². The first-order chi connectivity index (χ1) is 17.2. The predicted molar refractivity (Wildman–Crippen MR) is 134 cm³/mol. The molecule has 0 aliphatic rings. The lowest BCUT2D eigenvalue weighted by molar-refractivity contribution is -0.152. The molecule has 10 heteroatoms. The van der Waals surface area contributed by atoms with Gasteiger partial charge in [-0.25, -0.2) is 17.2 Å². The molecule has 0 bridgehead atoms. The van der Waals surface area contributed by atoms with Crippen molar-refractivity contribution in [3.63, 3.8) is 0 Å². The second-order valence-electron chi connectivity index (χ2n) is 9.28. The number of esters is 1. The largest absolute Gasteiger partial charge is 0.489 e. The van der Waals surface area contributed by atoms with E-state index < -0.39 is 51.1 Å². The first-order valence-electron chi connectivity index (χ1n) is 11.2. The van der Waals surface area contributed by atoms with Crippen molar-refractivity contribution < 1.29 is 36.3 Å². The molecule has 0 unspecified atom stereocenters. The second kappa shape index (κ2) is 11.1. The van der Waals surface area contributed by atoms with Crippen molar-refractivity contribution in [1.82, 2.24) is 0 Å². The van der Waals surface area contributed by atoms with Crippen molar-refractivity contribution in [2.24, 2.45) is 0 Å². The summed E-state index contributed by atoms with van der Waals surface area (Å²) in [6, 6.07) is 15.3. The maximum Gasteiger partial charge on any atom is 0.326 e. The van der Waals surface area contributed by atoms with Gasteiger partial charge >= 0.3 is 5.97 Å². The van der Waals surface area contributed by atoms with E-state index in [9.17, 15) is 26.8 Å². The fraction of sp³-hybridized carbons (Fsp3) is 0.259. The number of halogens is 2. The van der Waals surface area contributed by atoms with Gasteiger partial charge in [0.15, 0.2) is 9.84 Å². The molecule has 0 saturated carbocycles. The smallest absolute Gasteiger partial charge is 0.326 e. The number of ether oxygens (including phenoxy) is 2. The predicted octanol–water partition coefficient (Wildman–Crippen LogP) is 4.94. The van der Waals surface area contributed by atoms with Crippen molar-refractivity contribution in [1.29, 1.82) is 0 Å². The number of benzene rings is 3. The quantitative estimate of drug-likeness (QED) is 0.383. The molecule has 196 valence electrons. The van der Waals surface area contributed by atoms with Gasteiger partial charge in [-0.3, -0.25) is 14.5 Å². The Kier molecular flexibility index (Phi) is 8.32. The van der Waals surface area contributed by atoms with Gasteiger partial charge in [0.2, 0.25) is 0 Å². The van der Waals surface area contributed by atoms with Crippen molar-refractivity contribution in [2.45, 2.75) is 37.9 Å². The Morgan fingerprint density at radius 2 is 1.51 bits per heavy atom. The number of amides is 1. The minimum absolute atomic E-state index is 0.0788. The van der Waals surface area contributed by atoms with E-state index in [1.54, 1.807) is 45.0 Å². The maximum absolute atomic E-state index is 14.4. The first-order valence-corrected chi connectivity index (χ1v) is 13.1. The summed E-state index contributed by atoms with van der Waals surface area (Å²) in [7, 11) is -3.33. The zero-order chi connectivity index (χ0) is 27.4. The number of sulfone groups is 1. The summed E-state index contributed by atoms with van der Waals surface area (Å²) < 4.78 is 63.2. The van der Waals surface area contributed by atoms with E-state index in [1.165, 1.54) is 24.3 Å². The van der Waals surface area contributed by atoms with Crippen molar-refractivity contribution in [2.75, 3.05) is 17.7 Å². The summed E-state index contributed by atoms with van der Waals surface area (Å²) in [5, 5.41) is 0. The number of nitrogens with zero attached hydrogens (tertiary/aromatic N) is 1. The van der Waals surface area contributed by atoms with Crippen molar-refractivity contribution in [3.8, 4) is 5.75 Å². The monoisotopic (exact) mass is 531 g/mol. The van der Waals surface area contributed by atoms with Gasteiger partial charge in [0.1, 0.15) is 41.7 Å². The molecule has 0 aliphatic heterocycles. The molecule has 0 N–H and O–H groups in total. The molecule has 3 rings (SSSR count). The summed E-state index contributed by atoms with van der Waals surface area (Å²) in [6.45, 7) is 4.45. The van der Waals surface area contributed by atoms with E-state index in [4.69, 9.17) is 9.47 Å². The Hall–Kier alpha value is -3.79. The highest BCUT2D eigenvalue weighted by molar-refractivity contribution is 7.90. The molecular formula is C27H27F2NO6S. The van der Waals surface area contributed by atoms with Gasteiger partial charge < -0.3 is 9.47 Å². The molecule has 0 aliphatic carbocycles. The van der Waals surface area contributed by atoms with Crippen LogP contribution in [0.1, 0.15) is 36.7 Å². The van der Waals surface area contributed by atoms with Crippen LogP contribution >= 0.6 is 0 Å². The fourth-order valence-corrected chi connectivity index (χ4v) is 3.99. The summed E-state index contributed by atoms with van der Waals surface area (Å²) >= 11 is 0. The van der Waals surface area contributed by atoms with Crippen LogP contribution in [0.3, 0.4) is 0 Å². The lowest BCUT2D eigenvalue weighted by Gasteiger charge is -2.26. The van der Waals surface area contributed by atoms with Gasteiger partial charge in [0, 0.05) is 18.0 Å². The molecule has 0 saturated heterocycles. The van der Waals surface area contributed by atoms with E-state index >= 15 is 0 Å². The molecule has 7 nitrogen and oxygen atoms in total. The highest BCUT2D eigenvalue weighted by atomic mass is 32.2. The average Bonchev–Trinajstić information content (AvgIpc) is 2.80. The number of carbonyl (C=O) groups is 2. The van der Waals surface area contributed by atoms with E-state index in [0.29, 0.717) is 11.3 Å². The summed E-state index contributed by atoms with van der Waals surface area (Å²) in [5.74, 6) is -3.65. The van der Waals surface area contributed by atoms with Crippen LogP contribution in [0.5, 0.6) is 5.75 Å². The number of hydrogen-bond donors (Lipinski definition) is 0. The molecule has 1 amide bonds. The van der Waals surface area contributed by atoms with Crippen molar-refractivity contribution in [3.05, 3.63) is 89.5 Å². The lowest BCUT2D eigenvalue weighted by Crippen LogP contribution is -2.39. The highest BCUT2D eigenvalue weighted by Gasteiger charge is 2.28. The standard InChI is InChI=1S/C27H27F2NO6S/c1-27(2,3)36-24(31)16-30(26(32)25-22(28)9-6-10-23(25)29)19-7-5-8-20(15-19)35-17-18-11-13-21(14-12-18)37(4,33)34/h5-15H,16-17H2,1-4H3. The number of anilines is 1. The van der Waals surface area contributed by atoms with Gasteiger partial charge in [0.05, 0.1) is 4.90 Å². The zero-order valence-electron chi connectivity index (χ0n) is 20.8. The Bertz CT molecular complexity index is 1380. The SMILES string of the molecule is CC(C)(C)OC(=O)CN(C(=O)c1c(F)cccc1F)c1cccc(OCc2ccc(S(C)(=O)=O)cc2)c1. The summed E-state index contributed by atoms with van der Waals surface area (Å²) in [5.41, 5.74) is -0.799. The molecule has 37 heavy (non-hydrogen) atoms. The van der Waals surface area contributed by atoms with Crippen LogP contribution in [-0.4, -0.2) is 38.7 Å². The van der Waals surface area contributed by atoms with Crippen LogP contribution in [0.25, 0.3) is 0 Å². The second-order valence-corrected chi connectivity index (χ2v) is 11.3. The normalized spacial score (nSPS) is 11.6. The maximum atomic E-state index is 14.4. The molecule has 0 spiro atoms. The van der Waals surface area contributed by atoms with Crippen LogP contribution in [0.4, 0.5) is 14.5 Å². The molecule has 0 aromatic heterocycles. The van der Waals surface area contributed by atoms with Gasteiger partial charge in [0.25, 0.3) is 5.91 Å².